The van der Waals surface area contributed by atoms with E-state index in [1.807, 2.05) is 0 Å². The van der Waals surface area contributed by atoms with Gasteiger partial charge in [0.1, 0.15) is 4.90 Å². The van der Waals surface area contributed by atoms with Crippen molar-refractivity contribution in [3.05, 3.63) is 23.2 Å². The van der Waals surface area contributed by atoms with Crippen LogP contribution in [0.1, 0.15) is 33.1 Å². The molecule has 3 N–H and O–H groups in total. The number of hydrogen-bond acceptors (Lipinski definition) is 3. The summed E-state index contributed by atoms with van der Waals surface area (Å²) in [5, 5.41) is 0.366. The summed E-state index contributed by atoms with van der Waals surface area (Å²) < 4.78 is 27.7. The van der Waals surface area contributed by atoms with Gasteiger partial charge in [-0.2, -0.15) is 0 Å². The average Bonchev–Trinajstić information content (AvgIpc) is 2.73. The first-order valence-electron chi connectivity index (χ1n) is 6.92. The number of nitrogens with one attached hydrogen (secondary N) is 1. The molecule has 1 saturated carbocycles. The average molecular weight is 317 g/mol. The zero-order chi connectivity index (χ0) is 14.9. The lowest BCUT2D eigenvalue weighted by molar-refractivity contribution is 0.368. The summed E-state index contributed by atoms with van der Waals surface area (Å²) in [7, 11) is -3.62. The Morgan fingerprint density at radius 2 is 2.10 bits per heavy atom. The minimum atomic E-state index is -3.62. The molecule has 1 aliphatic carbocycles. The van der Waals surface area contributed by atoms with Crippen LogP contribution in [0.15, 0.2) is 23.1 Å². The van der Waals surface area contributed by atoms with Gasteiger partial charge in [-0.05, 0) is 42.9 Å². The van der Waals surface area contributed by atoms with Gasteiger partial charge in [0, 0.05) is 11.1 Å². The molecule has 1 aliphatic rings. The molecule has 0 heterocycles. The van der Waals surface area contributed by atoms with Crippen LogP contribution in [0.4, 0.5) is 5.69 Å². The fourth-order valence-electron chi connectivity index (χ4n) is 2.99. The highest BCUT2D eigenvalue weighted by Gasteiger charge is 2.34. The second kappa shape index (κ2) is 5.92. The van der Waals surface area contributed by atoms with Crippen LogP contribution in [0.2, 0.25) is 5.02 Å². The highest BCUT2D eigenvalue weighted by atomic mass is 35.5. The van der Waals surface area contributed by atoms with E-state index in [0.29, 0.717) is 16.9 Å². The number of anilines is 1. The van der Waals surface area contributed by atoms with Gasteiger partial charge in [0.15, 0.2) is 0 Å². The minimum Gasteiger partial charge on any atom is -0.398 e. The first-order valence-corrected chi connectivity index (χ1v) is 8.78. The maximum absolute atomic E-state index is 12.5. The zero-order valence-corrected chi connectivity index (χ0v) is 13.3. The van der Waals surface area contributed by atoms with Gasteiger partial charge in [-0.1, -0.05) is 31.9 Å². The summed E-state index contributed by atoms with van der Waals surface area (Å²) in [5.74, 6) is 0.926. The van der Waals surface area contributed by atoms with Crippen LogP contribution in [0, 0.1) is 11.8 Å². The molecule has 2 rings (SSSR count). The van der Waals surface area contributed by atoms with Crippen LogP contribution in [0.25, 0.3) is 0 Å². The Hall–Kier alpha value is -0.780. The van der Waals surface area contributed by atoms with E-state index in [1.54, 1.807) is 6.07 Å². The summed E-state index contributed by atoms with van der Waals surface area (Å²) in [5.41, 5.74) is 5.98. The fraction of sp³-hybridized carbons (Fsp3) is 0.571. The number of rotatable bonds is 4. The van der Waals surface area contributed by atoms with E-state index in [2.05, 4.69) is 18.6 Å². The first-order chi connectivity index (χ1) is 9.35. The number of nitrogen functional groups attached to an aromatic ring is 1. The maximum Gasteiger partial charge on any atom is 0.242 e. The molecule has 0 aliphatic heterocycles. The van der Waals surface area contributed by atoms with Gasteiger partial charge in [0.05, 0.1) is 5.69 Å². The van der Waals surface area contributed by atoms with Gasteiger partial charge >= 0.3 is 0 Å². The van der Waals surface area contributed by atoms with Crippen LogP contribution in [-0.2, 0) is 10.0 Å². The van der Waals surface area contributed by atoms with E-state index in [9.17, 15) is 8.42 Å². The van der Waals surface area contributed by atoms with Crippen LogP contribution in [0.3, 0.4) is 0 Å². The SMILES string of the molecule is CCC1CCC(NS(=O)(=O)c2cc(Cl)ccc2N)C1C. The van der Waals surface area contributed by atoms with Gasteiger partial charge < -0.3 is 5.73 Å². The molecule has 0 amide bonds. The van der Waals surface area contributed by atoms with E-state index in [1.165, 1.54) is 12.1 Å². The molecule has 0 bridgehead atoms. The Bertz CT molecular complexity index is 589. The lowest BCUT2D eigenvalue weighted by Gasteiger charge is -2.21. The number of nitrogens with two attached hydrogens (primary N) is 1. The quantitative estimate of drug-likeness (QED) is 0.839. The molecule has 4 nitrogen and oxygen atoms in total. The number of sulfonamides is 1. The molecule has 0 radical (unpaired) electrons. The lowest BCUT2D eigenvalue weighted by atomic mass is 9.94. The predicted octanol–water partition coefficient (Wildman–Crippen LogP) is 3.03. The van der Waals surface area contributed by atoms with Crippen molar-refractivity contribution in [2.45, 2.75) is 44.0 Å². The zero-order valence-electron chi connectivity index (χ0n) is 11.8. The molecule has 6 heteroatoms. The Balaban J connectivity index is 2.22. The number of benzene rings is 1. The molecular weight excluding hydrogens is 296 g/mol. The van der Waals surface area contributed by atoms with E-state index in [4.69, 9.17) is 17.3 Å². The normalized spacial score (nSPS) is 26.9. The van der Waals surface area contributed by atoms with Crippen molar-refractivity contribution in [2.24, 2.45) is 11.8 Å². The van der Waals surface area contributed by atoms with Crippen molar-refractivity contribution in [2.75, 3.05) is 5.73 Å². The highest BCUT2D eigenvalue weighted by molar-refractivity contribution is 7.89. The van der Waals surface area contributed by atoms with E-state index in [0.717, 1.165) is 19.3 Å². The second-order valence-electron chi connectivity index (χ2n) is 5.51. The van der Waals surface area contributed by atoms with Crippen LogP contribution < -0.4 is 10.5 Å². The van der Waals surface area contributed by atoms with Gasteiger partial charge in [0.2, 0.25) is 10.0 Å². The molecule has 3 unspecified atom stereocenters. The summed E-state index contributed by atoms with van der Waals surface area (Å²) in [4.78, 5) is 0.0668. The molecule has 1 fully saturated rings. The van der Waals surface area contributed by atoms with E-state index >= 15 is 0 Å². The third kappa shape index (κ3) is 3.10. The maximum atomic E-state index is 12.5. The van der Waals surface area contributed by atoms with Gasteiger partial charge in [-0.3, -0.25) is 0 Å². The monoisotopic (exact) mass is 316 g/mol. The Morgan fingerprint density at radius 3 is 2.70 bits per heavy atom. The molecule has 20 heavy (non-hydrogen) atoms. The molecular formula is C14H21ClN2O2S. The molecule has 3 atom stereocenters. The highest BCUT2D eigenvalue weighted by Crippen LogP contribution is 2.35. The van der Waals surface area contributed by atoms with Crippen molar-refractivity contribution in [1.29, 1.82) is 0 Å². The largest absolute Gasteiger partial charge is 0.398 e. The topological polar surface area (TPSA) is 72.2 Å². The fourth-order valence-corrected chi connectivity index (χ4v) is 4.75. The van der Waals surface area contributed by atoms with Crippen LogP contribution in [0.5, 0.6) is 0 Å². The lowest BCUT2D eigenvalue weighted by Crippen LogP contribution is -2.37. The summed E-state index contributed by atoms with van der Waals surface area (Å²) >= 11 is 5.87. The third-order valence-electron chi connectivity index (χ3n) is 4.32. The van der Waals surface area contributed by atoms with Gasteiger partial charge in [-0.25, -0.2) is 13.1 Å². The Labute approximate surface area is 125 Å². The molecule has 0 spiro atoms. The predicted molar refractivity (Wildman–Crippen MR) is 82.2 cm³/mol. The Morgan fingerprint density at radius 1 is 1.40 bits per heavy atom. The van der Waals surface area contributed by atoms with Crippen molar-refractivity contribution in [3.63, 3.8) is 0 Å². The van der Waals surface area contributed by atoms with Gasteiger partial charge in [0.25, 0.3) is 0 Å². The van der Waals surface area contributed by atoms with E-state index < -0.39 is 10.0 Å². The van der Waals surface area contributed by atoms with Crippen molar-refractivity contribution in [1.82, 2.24) is 4.72 Å². The molecule has 0 saturated heterocycles. The molecule has 1 aromatic carbocycles. The van der Waals surface area contributed by atoms with Crippen molar-refractivity contribution in [3.8, 4) is 0 Å². The summed E-state index contributed by atoms with van der Waals surface area (Å²) in [6, 6.07) is 4.48. The second-order valence-corrected chi connectivity index (χ2v) is 7.63. The smallest absolute Gasteiger partial charge is 0.242 e. The minimum absolute atomic E-state index is 0.0247. The molecule has 112 valence electrons. The Kier molecular flexibility index (Phi) is 4.62. The van der Waals surface area contributed by atoms with Crippen molar-refractivity contribution < 1.29 is 8.42 Å². The van der Waals surface area contributed by atoms with Crippen LogP contribution in [-0.4, -0.2) is 14.5 Å². The van der Waals surface area contributed by atoms with E-state index in [-0.39, 0.29) is 16.6 Å². The summed E-state index contributed by atoms with van der Waals surface area (Å²) in [6.45, 7) is 4.25. The number of hydrogen-bond donors (Lipinski definition) is 2. The number of halogens is 1. The molecule has 1 aromatic rings. The van der Waals surface area contributed by atoms with Gasteiger partial charge in [-0.15, -0.1) is 0 Å². The van der Waals surface area contributed by atoms with Crippen molar-refractivity contribution >= 4 is 27.3 Å². The first kappa shape index (κ1) is 15.6. The third-order valence-corrected chi connectivity index (χ3v) is 6.10. The standard InChI is InChI=1S/C14H21ClN2O2S/c1-3-10-4-7-13(9(10)2)17-20(18,19)14-8-11(15)5-6-12(14)16/h5-6,8-10,13,17H,3-4,7,16H2,1-2H3. The summed E-state index contributed by atoms with van der Waals surface area (Å²) in [6.07, 6.45) is 3.02. The van der Waals surface area contributed by atoms with Crippen LogP contribution >= 0.6 is 11.6 Å². The molecule has 0 aromatic heterocycles.